The molecule has 0 fully saturated rings. The van der Waals surface area contributed by atoms with Crippen LogP contribution in [0.3, 0.4) is 0 Å². The summed E-state index contributed by atoms with van der Waals surface area (Å²) >= 11 is 0. The summed E-state index contributed by atoms with van der Waals surface area (Å²) in [6.07, 6.45) is 28.4. The first kappa shape index (κ1) is 35.3. The fraction of sp³-hybridized carbons (Fsp3) is 0.452. The highest BCUT2D eigenvalue weighted by molar-refractivity contribution is 6.06. The molecule has 0 aromatic heterocycles. The maximum Gasteiger partial charge on any atom is 0.185 e. The second-order valence-corrected chi connectivity index (χ2v) is 12.2. The number of allylic oxidation sites excluding steroid dienone is 1. The van der Waals surface area contributed by atoms with Gasteiger partial charge in [-0.05, 0) is 47.6 Å². The van der Waals surface area contributed by atoms with Crippen molar-refractivity contribution in [3.8, 4) is 0 Å². The van der Waals surface area contributed by atoms with Crippen LogP contribution in [0.5, 0.6) is 0 Å². The van der Waals surface area contributed by atoms with Gasteiger partial charge in [-0.25, -0.2) is 0 Å². The van der Waals surface area contributed by atoms with Gasteiger partial charge < -0.3 is 4.74 Å². The summed E-state index contributed by atoms with van der Waals surface area (Å²) in [5.74, 6) is 0.0488. The lowest BCUT2D eigenvalue weighted by Gasteiger charge is -2.06. The Morgan fingerprint density at radius 3 is 1.57 bits per heavy atom. The second kappa shape index (κ2) is 23.2. The Balaban J connectivity index is 1.03. The van der Waals surface area contributed by atoms with E-state index in [2.05, 4.69) is 55.1 Å². The van der Waals surface area contributed by atoms with Crippen LogP contribution in [0.1, 0.15) is 135 Å². The SMILES string of the molecule is C=Cc1ccc(COCCCCCCCCCCCCCCCCCCc2ccc(/C=C/C(=O)c3ccccc3)cc2)cc1. The molecular formula is C42H56O2. The average molecular weight is 593 g/mol. The number of ketones is 1. The topological polar surface area (TPSA) is 26.3 Å². The zero-order valence-corrected chi connectivity index (χ0v) is 27.2. The van der Waals surface area contributed by atoms with Crippen LogP contribution in [0.15, 0.2) is 91.5 Å². The fourth-order valence-electron chi connectivity index (χ4n) is 5.61. The third-order valence-electron chi connectivity index (χ3n) is 8.45. The van der Waals surface area contributed by atoms with Crippen molar-refractivity contribution < 1.29 is 9.53 Å². The van der Waals surface area contributed by atoms with Crippen LogP contribution in [-0.2, 0) is 17.8 Å². The summed E-state index contributed by atoms with van der Waals surface area (Å²) in [5.41, 5.74) is 5.60. The molecule has 0 spiro atoms. The van der Waals surface area contributed by atoms with Gasteiger partial charge in [-0.1, -0.05) is 187 Å². The number of hydrogen-bond donors (Lipinski definition) is 0. The Labute approximate surface area is 268 Å². The third-order valence-corrected chi connectivity index (χ3v) is 8.45. The Morgan fingerprint density at radius 2 is 1.02 bits per heavy atom. The van der Waals surface area contributed by atoms with Gasteiger partial charge in [-0.15, -0.1) is 0 Å². The molecule has 44 heavy (non-hydrogen) atoms. The van der Waals surface area contributed by atoms with Gasteiger partial charge in [-0.3, -0.25) is 4.79 Å². The lowest BCUT2D eigenvalue weighted by molar-refractivity contribution is 0.104. The molecule has 0 radical (unpaired) electrons. The molecule has 2 heteroatoms. The number of hydrogen-bond acceptors (Lipinski definition) is 2. The van der Waals surface area contributed by atoms with E-state index >= 15 is 0 Å². The summed E-state index contributed by atoms with van der Waals surface area (Å²) in [6, 6.07) is 26.5. The molecule has 236 valence electrons. The van der Waals surface area contributed by atoms with E-state index < -0.39 is 0 Å². The number of benzene rings is 3. The number of aryl methyl sites for hydroxylation is 1. The Hall–Kier alpha value is -3.23. The zero-order chi connectivity index (χ0) is 30.9. The van der Waals surface area contributed by atoms with Crippen molar-refractivity contribution in [3.63, 3.8) is 0 Å². The predicted molar refractivity (Wildman–Crippen MR) is 190 cm³/mol. The van der Waals surface area contributed by atoms with Gasteiger partial charge in [0.1, 0.15) is 0 Å². The maximum absolute atomic E-state index is 12.2. The molecule has 0 aliphatic rings. The van der Waals surface area contributed by atoms with Crippen LogP contribution in [-0.4, -0.2) is 12.4 Å². The minimum absolute atomic E-state index is 0.0488. The van der Waals surface area contributed by atoms with Gasteiger partial charge in [0.25, 0.3) is 0 Å². The molecule has 0 saturated carbocycles. The smallest absolute Gasteiger partial charge is 0.185 e. The molecular weight excluding hydrogens is 536 g/mol. The molecule has 0 heterocycles. The number of carbonyl (C=O) groups excluding carboxylic acids is 1. The lowest BCUT2D eigenvalue weighted by Crippen LogP contribution is -1.95. The van der Waals surface area contributed by atoms with E-state index in [-0.39, 0.29) is 5.78 Å². The predicted octanol–water partition coefficient (Wildman–Crippen LogP) is 12.2. The van der Waals surface area contributed by atoms with E-state index in [9.17, 15) is 4.79 Å². The van der Waals surface area contributed by atoms with Crippen LogP contribution in [0.4, 0.5) is 0 Å². The van der Waals surface area contributed by atoms with Crippen molar-refractivity contribution in [1.29, 1.82) is 0 Å². The normalized spacial score (nSPS) is 11.3. The summed E-state index contributed by atoms with van der Waals surface area (Å²) in [4.78, 5) is 12.2. The molecule has 0 amide bonds. The minimum atomic E-state index is 0.0488. The first-order chi connectivity index (χ1) is 21.7. The summed E-state index contributed by atoms with van der Waals surface area (Å²) in [7, 11) is 0. The molecule has 0 unspecified atom stereocenters. The van der Waals surface area contributed by atoms with Gasteiger partial charge in [-0.2, -0.15) is 0 Å². The van der Waals surface area contributed by atoms with Crippen LogP contribution in [0.2, 0.25) is 0 Å². The van der Waals surface area contributed by atoms with Gasteiger partial charge in [0.15, 0.2) is 5.78 Å². The van der Waals surface area contributed by atoms with Crippen molar-refractivity contribution in [2.24, 2.45) is 0 Å². The van der Waals surface area contributed by atoms with E-state index in [1.807, 2.05) is 42.5 Å². The van der Waals surface area contributed by atoms with Crippen molar-refractivity contribution in [2.75, 3.05) is 6.61 Å². The van der Waals surface area contributed by atoms with E-state index in [0.717, 1.165) is 36.3 Å². The van der Waals surface area contributed by atoms with E-state index in [1.54, 1.807) is 6.08 Å². The first-order valence-electron chi connectivity index (χ1n) is 17.4. The van der Waals surface area contributed by atoms with Gasteiger partial charge >= 0.3 is 0 Å². The van der Waals surface area contributed by atoms with Crippen molar-refractivity contribution in [3.05, 3.63) is 119 Å². The van der Waals surface area contributed by atoms with E-state index in [4.69, 9.17) is 4.74 Å². The first-order valence-corrected chi connectivity index (χ1v) is 17.4. The molecule has 0 bridgehead atoms. The Morgan fingerprint density at radius 1 is 0.545 bits per heavy atom. The average Bonchev–Trinajstić information content (AvgIpc) is 3.07. The third kappa shape index (κ3) is 16.0. The number of ether oxygens (including phenoxy) is 1. The van der Waals surface area contributed by atoms with E-state index in [1.165, 1.54) is 114 Å². The van der Waals surface area contributed by atoms with Gasteiger partial charge in [0.2, 0.25) is 0 Å². The molecule has 0 saturated heterocycles. The molecule has 3 aromatic rings. The fourth-order valence-corrected chi connectivity index (χ4v) is 5.61. The van der Waals surface area contributed by atoms with Crippen molar-refractivity contribution in [2.45, 2.75) is 116 Å². The standard InChI is InChI=1S/C42H56O2/c1-2-37-25-31-40(32-26-37)36-44-35-21-16-14-12-10-8-6-4-3-5-7-9-11-13-15-18-22-38-27-29-39(30-28-38)33-34-42(43)41-23-19-17-20-24-41/h2,17,19-20,23-34H,1,3-16,18,21-22,35-36H2/b34-33+. The highest BCUT2D eigenvalue weighted by atomic mass is 16.5. The maximum atomic E-state index is 12.2. The summed E-state index contributed by atoms with van der Waals surface area (Å²) in [5, 5.41) is 0. The molecule has 3 aromatic carbocycles. The molecule has 3 rings (SSSR count). The quantitative estimate of drug-likeness (QED) is 0.0556. The molecule has 0 N–H and O–H groups in total. The molecule has 2 nitrogen and oxygen atoms in total. The summed E-state index contributed by atoms with van der Waals surface area (Å²) in [6.45, 7) is 5.39. The van der Waals surface area contributed by atoms with Crippen LogP contribution < -0.4 is 0 Å². The van der Waals surface area contributed by atoms with E-state index in [0.29, 0.717) is 0 Å². The largest absolute Gasteiger partial charge is 0.377 e. The second-order valence-electron chi connectivity index (χ2n) is 12.2. The number of rotatable bonds is 25. The highest BCUT2D eigenvalue weighted by Crippen LogP contribution is 2.16. The Kier molecular flexibility index (Phi) is 18.6. The Bertz CT molecular complexity index is 1170. The van der Waals surface area contributed by atoms with Gasteiger partial charge in [0, 0.05) is 12.2 Å². The van der Waals surface area contributed by atoms with Crippen LogP contribution in [0.25, 0.3) is 12.2 Å². The number of unbranched alkanes of at least 4 members (excludes halogenated alkanes) is 15. The van der Waals surface area contributed by atoms with Crippen molar-refractivity contribution >= 4 is 17.9 Å². The summed E-state index contributed by atoms with van der Waals surface area (Å²) < 4.78 is 5.82. The van der Waals surface area contributed by atoms with Crippen LogP contribution >= 0.6 is 0 Å². The lowest BCUT2D eigenvalue weighted by atomic mass is 10.0. The van der Waals surface area contributed by atoms with Gasteiger partial charge in [0.05, 0.1) is 6.61 Å². The zero-order valence-electron chi connectivity index (χ0n) is 27.2. The van der Waals surface area contributed by atoms with Crippen LogP contribution in [0, 0.1) is 0 Å². The van der Waals surface area contributed by atoms with Crippen molar-refractivity contribution in [1.82, 2.24) is 0 Å². The molecule has 0 atom stereocenters. The highest BCUT2D eigenvalue weighted by Gasteiger charge is 2.01. The minimum Gasteiger partial charge on any atom is -0.377 e. The monoisotopic (exact) mass is 592 g/mol. The molecule has 0 aliphatic heterocycles. The number of carbonyl (C=O) groups is 1. The molecule has 0 aliphatic carbocycles.